The summed E-state index contributed by atoms with van der Waals surface area (Å²) in [4.78, 5) is 0. The monoisotopic (exact) mass is 282 g/mol. The molecule has 0 aromatic heterocycles. The molecule has 0 aliphatic carbocycles. The molecule has 0 amide bonds. The molecule has 0 atom stereocenters. The molecule has 0 spiro atoms. The lowest BCUT2D eigenvalue weighted by Crippen LogP contribution is -2.04. The molecule has 21 heavy (non-hydrogen) atoms. The van der Waals surface area contributed by atoms with E-state index in [9.17, 15) is 9.65 Å². The van der Waals surface area contributed by atoms with Gasteiger partial charge in [-0.3, -0.25) is 0 Å². The first-order valence-electron chi connectivity index (χ1n) is 6.39. The van der Waals surface area contributed by atoms with E-state index in [-0.39, 0.29) is 17.0 Å². The summed E-state index contributed by atoms with van der Waals surface area (Å²) >= 11 is 0. The van der Waals surface area contributed by atoms with E-state index in [1.807, 2.05) is 36.4 Å². The fraction of sp³-hybridized carbons (Fsp3) is 0.118. The fourth-order valence-corrected chi connectivity index (χ4v) is 2.14. The van der Waals surface area contributed by atoms with Crippen molar-refractivity contribution in [2.24, 2.45) is 0 Å². The topological polar surface area (TPSA) is 59.0 Å². The molecule has 4 heteroatoms. The van der Waals surface area contributed by atoms with Gasteiger partial charge in [0.2, 0.25) is 0 Å². The van der Waals surface area contributed by atoms with Gasteiger partial charge in [0.05, 0.1) is 12.7 Å². The first kappa shape index (κ1) is 14.6. The van der Waals surface area contributed by atoms with Crippen LogP contribution in [0.3, 0.4) is 0 Å². The number of nitrogen functional groups attached to an aromatic ring is 1. The number of anilines is 1. The van der Waals surface area contributed by atoms with E-state index < -0.39 is 5.82 Å². The maximum atomic E-state index is 14.4. The van der Waals surface area contributed by atoms with Crippen molar-refractivity contribution >= 4 is 17.8 Å². The van der Waals surface area contributed by atoms with Gasteiger partial charge in [0.1, 0.15) is 11.8 Å². The molecular weight excluding hydrogens is 267 g/mol. The second kappa shape index (κ2) is 6.10. The second-order valence-electron chi connectivity index (χ2n) is 4.53. The van der Waals surface area contributed by atoms with Gasteiger partial charge in [-0.2, -0.15) is 5.26 Å². The van der Waals surface area contributed by atoms with Gasteiger partial charge in [-0.15, -0.1) is 0 Å². The van der Waals surface area contributed by atoms with Gasteiger partial charge in [0, 0.05) is 5.56 Å². The number of nitrogens with two attached hydrogens (primary N) is 1. The molecule has 2 rings (SSSR count). The van der Waals surface area contributed by atoms with Crippen LogP contribution in [0.2, 0.25) is 0 Å². The Balaban J connectivity index is 2.58. The number of ether oxygens (including phenoxy) is 1. The average Bonchev–Trinajstić information content (AvgIpc) is 2.51. The zero-order valence-electron chi connectivity index (χ0n) is 11.9. The fourth-order valence-electron chi connectivity index (χ4n) is 2.14. The lowest BCUT2D eigenvalue weighted by Gasteiger charge is -2.13. The summed E-state index contributed by atoms with van der Waals surface area (Å²) in [5.74, 6) is -0.486. The lowest BCUT2D eigenvalue weighted by atomic mass is 9.98. The predicted octanol–water partition coefficient (Wildman–Crippen LogP) is 3.77. The molecule has 2 aromatic rings. The highest BCUT2D eigenvalue weighted by molar-refractivity contribution is 5.78. The summed E-state index contributed by atoms with van der Waals surface area (Å²) in [7, 11) is 1.37. The summed E-state index contributed by atoms with van der Waals surface area (Å²) < 4.78 is 19.4. The van der Waals surface area contributed by atoms with Crippen LogP contribution >= 0.6 is 0 Å². The summed E-state index contributed by atoms with van der Waals surface area (Å²) in [5, 5.41) is 9.22. The normalized spacial score (nSPS) is 10.6. The van der Waals surface area contributed by atoms with Gasteiger partial charge >= 0.3 is 0 Å². The van der Waals surface area contributed by atoms with Crippen LogP contribution in [0.5, 0.6) is 5.75 Å². The lowest BCUT2D eigenvalue weighted by molar-refractivity contribution is 0.412. The van der Waals surface area contributed by atoms with Gasteiger partial charge in [0.25, 0.3) is 0 Å². The molecule has 0 aliphatic heterocycles. The van der Waals surface area contributed by atoms with E-state index in [1.54, 1.807) is 19.1 Å². The van der Waals surface area contributed by atoms with Crippen molar-refractivity contribution in [3.05, 3.63) is 58.4 Å². The van der Waals surface area contributed by atoms with Crippen LogP contribution in [0.25, 0.3) is 12.2 Å². The van der Waals surface area contributed by atoms with Crippen molar-refractivity contribution in [2.75, 3.05) is 12.8 Å². The van der Waals surface area contributed by atoms with Crippen LogP contribution < -0.4 is 10.5 Å². The first-order chi connectivity index (χ1) is 10.1. The first-order valence-corrected chi connectivity index (χ1v) is 6.39. The molecule has 0 saturated heterocycles. The summed E-state index contributed by atoms with van der Waals surface area (Å²) in [6.45, 7) is 1.67. The molecule has 2 aromatic carbocycles. The molecule has 0 saturated carbocycles. The van der Waals surface area contributed by atoms with Crippen LogP contribution in [0, 0.1) is 24.1 Å². The number of rotatable bonds is 3. The van der Waals surface area contributed by atoms with E-state index in [4.69, 9.17) is 10.5 Å². The van der Waals surface area contributed by atoms with Gasteiger partial charge in [0.15, 0.2) is 11.6 Å². The largest absolute Gasteiger partial charge is 0.493 e. The van der Waals surface area contributed by atoms with Crippen LogP contribution in [0.15, 0.2) is 30.3 Å². The van der Waals surface area contributed by atoms with Gasteiger partial charge in [-0.05, 0) is 18.1 Å². The predicted molar refractivity (Wildman–Crippen MR) is 82.2 cm³/mol. The SMILES string of the molecule is COc1c(N)c(F)c(/C=C/c2ccccc2)c(C)c1C#N. The highest BCUT2D eigenvalue weighted by Crippen LogP contribution is 2.35. The minimum absolute atomic E-state index is 0.0874. The van der Waals surface area contributed by atoms with Crippen molar-refractivity contribution in [2.45, 2.75) is 6.92 Å². The molecule has 0 aliphatic rings. The highest BCUT2D eigenvalue weighted by Gasteiger charge is 2.19. The highest BCUT2D eigenvalue weighted by atomic mass is 19.1. The Morgan fingerprint density at radius 2 is 1.90 bits per heavy atom. The minimum Gasteiger partial charge on any atom is -0.493 e. The number of benzene rings is 2. The van der Waals surface area contributed by atoms with Gasteiger partial charge in [-0.1, -0.05) is 42.5 Å². The summed E-state index contributed by atoms with van der Waals surface area (Å²) in [5.41, 5.74) is 7.57. The average molecular weight is 282 g/mol. The van der Waals surface area contributed by atoms with Crippen LogP contribution in [0.4, 0.5) is 10.1 Å². The third-order valence-electron chi connectivity index (χ3n) is 3.28. The number of hydrogen-bond donors (Lipinski definition) is 1. The molecule has 2 N–H and O–H groups in total. The number of nitrogens with zero attached hydrogens (tertiary/aromatic N) is 1. The Morgan fingerprint density at radius 1 is 1.24 bits per heavy atom. The number of hydrogen-bond acceptors (Lipinski definition) is 3. The number of methoxy groups -OCH3 is 1. The van der Waals surface area contributed by atoms with E-state index in [0.29, 0.717) is 11.1 Å². The summed E-state index contributed by atoms with van der Waals surface area (Å²) in [6, 6.07) is 11.5. The summed E-state index contributed by atoms with van der Waals surface area (Å²) in [6.07, 6.45) is 3.40. The van der Waals surface area contributed by atoms with Gasteiger partial charge < -0.3 is 10.5 Å². The molecule has 0 heterocycles. The zero-order valence-corrected chi connectivity index (χ0v) is 11.9. The number of halogens is 1. The third-order valence-corrected chi connectivity index (χ3v) is 3.28. The van der Waals surface area contributed by atoms with Crippen LogP contribution in [0.1, 0.15) is 22.3 Å². The Hall–Kier alpha value is -2.80. The maximum Gasteiger partial charge on any atom is 0.162 e. The quantitative estimate of drug-likeness (QED) is 0.688. The molecule has 0 bridgehead atoms. The molecule has 0 fully saturated rings. The van der Waals surface area contributed by atoms with Crippen molar-refractivity contribution < 1.29 is 9.13 Å². The van der Waals surface area contributed by atoms with Crippen molar-refractivity contribution in [1.29, 1.82) is 5.26 Å². The van der Waals surface area contributed by atoms with Gasteiger partial charge in [-0.25, -0.2) is 4.39 Å². The second-order valence-corrected chi connectivity index (χ2v) is 4.53. The van der Waals surface area contributed by atoms with Crippen molar-refractivity contribution in [3.63, 3.8) is 0 Å². The van der Waals surface area contributed by atoms with E-state index in [1.165, 1.54) is 7.11 Å². The molecule has 3 nitrogen and oxygen atoms in total. The van der Waals surface area contributed by atoms with Crippen molar-refractivity contribution in [1.82, 2.24) is 0 Å². The smallest absolute Gasteiger partial charge is 0.162 e. The minimum atomic E-state index is -0.574. The Morgan fingerprint density at radius 3 is 2.48 bits per heavy atom. The van der Waals surface area contributed by atoms with Crippen LogP contribution in [-0.2, 0) is 0 Å². The molecule has 0 radical (unpaired) electrons. The number of nitriles is 1. The molecular formula is C17H15FN2O. The molecule has 0 unspecified atom stereocenters. The molecule has 106 valence electrons. The standard InChI is InChI=1S/C17H15FN2O/c1-11-13(9-8-12-6-4-3-5-7-12)15(18)16(20)17(21-2)14(11)10-19/h3-9H,20H2,1-2H3/b9-8+. The zero-order chi connectivity index (χ0) is 15.4. The van der Waals surface area contributed by atoms with E-state index in [2.05, 4.69) is 0 Å². The third kappa shape index (κ3) is 2.72. The Kier molecular flexibility index (Phi) is 4.24. The van der Waals surface area contributed by atoms with E-state index in [0.717, 1.165) is 5.56 Å². The Labute approximate surface area is 123 Å². The van der Waals surface area contributed by atoms with Crippen molar-refractivity contribution in [3.8, 4) is 11.8 Å². The Bertz CT molecular complexity index is 731. The maximum absolute atomic E-state index is 14.4. The van der Waals surface area contributed by atoms with E-state index >= 15 is 0 Å². The van der Waals surface area contributed by atoms with Crippen LogP contribution in [-0.4, -0.2) is 7.11 Å².